The highest BCUT2D eigenvalue weighted by Crippen LogP contribution is 2.30. The van der Waals surface area contributed by atoms with Gasteiger partial charge in [0.25, 0.3) is 0 Å². The summed E-state index contributed by atoms with van der Waals surface area (Å²) in [5, 5.41) is 1.55. The Morgan fingerprint density at radius 1 is 1.19 bits per heavy atom. The van der Waals surface area contributed by atoms with Gasteiger partial charge in [-0.3, -0.25) is 4.98 Å². The predicted octanol–water partition coefficient (Wildman–Crippen LogP) is 3.80. The number of fused-ring (bicyclic) bond motifs is 1. The van der Waals surface area contributed by atoms with Gasteiger partial charge in [0.15, 0.2) is 5.82 Å². The van der Waals surface area contributed by atoms with Gasteiger partial charge in [0.05, 0.1) is 10.5 Å². The first kappa shape index (κ1) is 13.8. The summed E-state index contributed by atoms with van der Waals surface area (Å²) in [4.78, 5) is 13.5. The van der Waals surface area contributed by atoms with Crippen molar-refractivity contribution in [1.82, 2.24) is 15.0 Å². The minimum Gasteiger partial charge on any atom is -0.383 e. The molecule has 0 bridgehead atoms. The number of anilines is 1. The molecule has 4 nitrogen and oxygen atoms in total. The van der Waals surface area contributed by atoms with Gasteiger partial charge in [0, 0.05) is 28.4 Å². The topological polar surface area (TPSA) is 64.7 Å². The van der Waals surface area contributed by atoms with Gasteiger partial charge < -0.3 is 5.73 Å². The SMILES string of the molecule is CCc1nc(-c2ccc(Cl)c3cccnc23)nc(N)c1C. The van der Waals surface area contributed by atoms with Crippen LogP contribution in [0.5, 0.6) is 0 Å². The van der Waals surface area contributed by atoms with E-state index in [4.69, 9.17) is 17.3 Å². The summed E-state index contributed by atoms with van der Waals surface area (Å²) in [5.74, 6) is 1.10. The molecule has 0 unspecified atom stereocenters. The highest BCUT2D eigenvalue weighted by atomic mass is 35.5. The summed E-state index contributed by atoms with van der Waals surface area (Å²) in [6.45, 7) is 3.99. The van der Waals surface area contributed by atoms with Crippen LogP contribution in [0.25, 0.3) is 22.3 Å². The van der Waals surface area contributed by atoms with E-state index in [1.54, 1.807) is 6.20 Å². The van der Waals surface area contributed by atoms with E-state index in [-0.39, 0.29) is 0 Å². The number of aromatic nitrogens is 3. The molecule has 0 amide bonds. The standard InChI is InChI=1S/C16H15ClN4/c1-3-13-9(2)15(18)21-16(20-13)11-6-7-12(17)10-5-4-8-19-14(10)11/h4-8H,3H2,1-2H3,(H2,18,20,21). The Morgan fingerprint density at radius 3 is 2.76 bits per heavy atom. The first-order chi connectivity index (χ1) is 10.1. The number of pyridine rings is 1. The lowest BCUT2D eigenvalue weighted by Crippen LogP contribution is -2.04. The van der Waals surface area contributed by atoms with Gasteiger partial charge in [-0.2, -0.15) is 0 Å². The molecule has 0 spiro atoms. The van der Waals surface area contributed by atoms with E-state index in [1.807, 2.05) is 31.2 Å². The Bertz CT molecular complexity index is 830. The second-order valence-electron chi connectivity index (χ2n) is 4.85. The van der Waals surface area contributed by atoms with Gasteiger partial charge in [0.2, 0.25) is 0 Å². The molecule has 0 saturated carbocycles. The zero-order valence-corrected chi connectivity index (χ0v) is 12.6. The highest BCUT2D eigenvalue weighted by Gasteiger charge is 2.13. The zero-order chi connectivity index (χ0) is 15.0. The first-order valence-electron chi connectivity index (χ1n) is 6.78. The van der Waals surface area contributed by atoms with E-state index in [0.717, 1.165) is 34.1 Å². The normalized spacial score (nSPS) is 11.0. The molecule has 106 valence electrons. The lowest BCUT2D eigenvalue weighted by atomic mass is 10.1. The quantitative estimate of drug-likeness (QED) is 0.781. The predicted molar refractivity (Wildman–Crippen MR) is 86.3 cm³/mol. The summed E-state index contributed by atoms with van der Waals surface area (Å²) in [6, 6.07) is 7.53. The molecule has 5 heteroatoms. The smallest absolute Gasteiger partial charge is 0.163 e. The maximum absolute atomic E-state index is 6.23. The Balaban J connectivity index is 2.31. The number of hydrogen-bond donors (Lipinski definition) is 1. The number of nitrogens with two attached hydrogens (primary N) is 1. The summed E-state index contributed by atoms with van der Waals surface area (Å²) >= 11 is 6.23. The molecule has 3 aromatic rings. The fourth-order valence-corrected chi connectivity index (χ4v) is 2.58. The third-order valence-electron chi connectivity index (χ3n) is 3.58. The second-order valence-corrected chi connectivity index (χ2v) is 5.26. The van der Waals surface area contributed by atoms with Crippen LogP contribution >= 0.6 is 11.6 Å². The van der Waals surface area contributed by atoms with Crippen LogP contribution in [0.15, 0.2) is 30.5 Å². The van der Waals surface area contributed by atoms with Gasteiger partial charge >= 0.3 is 0 Å². The number of halogens is 1. The number of aryl methyl sites for hydroxylation is 1. The third kappa shape index (κ3) is 2.32. The molecular weight excluding hydrogens is 284 g/mol. The van der Waals surface area contributed by atoms with Crippen molar-refractivity contribution in [2.24, 2.45) is 0 Å². The van der Waals surface area contributed by atoms with Crippen LogP contribution in [0.1, 0.15) is 18.2 Å². The zero-order valence-electron chi connectivity index (χ0n) is 11.9. The van der Waals surface area contributed by atoms with Gasteiger partial charge in [-0.05, 0) is 37.6 Å². The molecule has 0 aliphatic carbocycles. The number of rotatable bonds is 2. The molecule has 1 aromatic carbocycles. The molecule has 0 aliphatic heterocycles. The van der Waals surface area contributed by atoms with Gasteiger partial charge in [0.1, 0.15) is 5.82 Å². The van der Waals surface area contributed by atoms with Crippen molar-refractivity contribution >= 4 is 28.3 Å². The van der Waals surface area contributed by atoms with Crippen molar-refractivity contribution in [3.05, 3.63) is 46.7 Å². The van der Waals surface area contributed by atoms with Crippen LogP contribution in [0, 0.1) is 6.92 Å². The van der Waals surface area contributed by atoms with E-state index >= 15 is 0 Å². The molecule has 2 N–H and O–H groups in total. The number of nitrogens with zero attached hydrogens (tertiary/aromatic N) is 3. The fourth-order valence-electron chi connectivity index (χ4n) is 2.37. The monoisotopic (exact) mass is 298 g/mol. The fraction of sp³-hybridized carbons (Fsp3) is 0.188. The van der Waals surface area contributed by atoms with Crippen LogP contribution < -0.4 is 5.73 Å². The molecule has 0 atom stereocenters. The highest BCUT2D eigenvalue weighted by molar-refractivity contribution is 6.35. The van der Waals surface area contributed by atoms with Gasteiger partial charge in [-0.15, -0.1) is 0 Å². The van der Waals surface area contributed by atoms with E-state index in [0.29, 0.717) is 16.7 Å². The molecule has 2 aromatic heterocycles. The van der Waals surface area contributed by atoms with E-state index < -0.39 is 0 Å². The van der Waals surface area contributed by atoms with E-state index in [1.165, 1.54) is 0 Å². The summed E-state index contributed by atoms with van der Waals surface area (Å²) < 4.78 is 0. The Hall–Kier alpha value is -2.20. The summed E-state index contributed by atoms with van der Waals surface area (Å²) in [5.41, 5.74) is 9.53. The number of nitrogen functional groups attached to an aromatic ring is 1. The first-order valence-corrected chi connectivity index (χ1v) is 7.16. The largest absolute Gasteiger partial charge is 0.383 e. The lowest BCUT2D eigenvalue weighted by Gasteiger charge is -2.10. The molecule has 0 fully saturated rings. The molecule has 0 saturated heterocycles. The Morgan fingerprint density at radius 2 is 2.00 bits per heavy atom. The number of benzene rings is 1. The van der Waals surface area contributed by atoms with Crippen LogP contribution in [0.2, 0.25) is 5.02 Å². The molecule has 0 aliphatic rings. The van der Waals surface area contributed by atoms with Gasteiger partial charge in [-0.25, -0.2) is 9.97 Å². The van der Waals surface area contributed by atoms with Crippen LogP contribution in [0.3, 0.4) is 0 Å². The molecule has 21 heavy (non-hydrogen) atoms. The van der Waals surface area contributed by atoms with E-state index in [2.05, 4.69) is 21.9 Å². The second kappa shape index (κ2) is 5.30. The number of hydrogen-bond acceptors (Lipinski definition) is 4. The van der Waals surface area contributed by atoms with Crippen molar-refractivity contribution < 1.29 is 0 Å². The summed E-state index contributed by atoms with van der Waals surface area (Å²) in [7, 11) is 0. The molecule has 0 radical (unpaired) electrons. The molecule has 3 rings (SSSR count). The van der Waals surface area contributed by atoms with Crippen molar-refractivity contribution in [3.8, 4) is 11.4 Å². The average molecular weight is 299 g/mol. The molecular formula is C16H15ClN4. The Labute approximate surface area is 128 Å². The van der Waals surface area contributed by atoms with Crippen molar-refractivity contribution in [2.75, 3.05) is 5.73 Å². The third-order valence-corrected chi connectivity index (χ3v) is 3.91. The maximum atomic E-state index is 6.23. The minimum atomic E-state index is 0.510. The Kier molecular flexibility index (Phi) is 3.47. The summed E-state index contributed by atoms with van der Waals surface area (Å²) in [6.07, 6.45) is 2.55. The lowest BCUT2D eigenvalue weighted by molar-refractivity contribution is 0.982. The van der Waals surface area contributed by atoms with Crippen LogP contribution in [0.4, 0.5) is 5.82 Å². The van der Waals surface area contributed by atoms with Crippen molar-refractivity contribution in [1.29, 1.82) is 0 Å². The molecule has 2 heterocycles. The van der Waals surface area contributed by atoms with Crippen molar-refractivity contribution in [3.63, 3.8) is 0 Å². The van der Waals surface area contributed by atoms with Crippen LogP contribution in [-0.2, 0) is 6.42 Å². The van der Waals surface area contributed by atoms with Crippen molar-refractivity contribution in [2.45, 2.75) is 20.3 Å². The minimum absolute atomic E-state index is 0.510. The average Bonchev–Trinajstić information content (AvgIpc) is 2.51. The maximum Gasteiger partial charge on any atom is 0.163 e. The van der Waals surface area contributed by atoms with E-state index in [9.17, 15) is 0 Å². The van der Waals surface area contributed by atoms with Crippen LogP contribution in [-0.4, -0.2) is 15.0 Å². The van der Waals surface area contributed by atoms with Gasteiger partial charge in [-0.1, -0.05) is 18.5 Å².